The molecule has 29 heavy (non-hydrogen) atoms. The molecule has 0 amide bonds. The van der Waals surface area contributed by atoms with Gasteiger partial charge < -0.3 is 30.1 Å². The van der Waals surface area contributed by atoms with Crippen LogP contribution < -0.4 is 14.8 Å². The molecule has 0 aliphatic carbocycles. The summed E-state index contributed by atoms with van der Waals surface area (Å²) in [6.07, 6.45) is 0.558. The molecule has 0 saturated heterocycles. The predicted octanol–water partition coefficient (Wildman–Crippen LogP) is 2.16. The average Bonchev–Trinajstić information content (AvgIpc) is 2.70. The van der Waals surface area contributed by atoms with Gasteiger partial charge in [0.25, 0.3) is 0 Å². The zero-order chi connectivity index (χ0) is 21.5. The lowest BCUT2D eigenvalue weighted by molar-refractivity contribution is -0.159. The van der Waals surface area contributed by atoms with Crippen LogP contribution in [0.25, 0.3) is 0 Å². The van der Waals surface area contributed by atoms with Gasteiger partial charge in [-0.3, -0.25) is 0 Å². The fourth-order valence-corrected chi connectivity index (χ4v) is 2.11. The number of rotatable bonds is 10. The Hall–Kier alpha value is -3.10. The maximum absolute atomic E-state index is 9.17. The van der Waals surface area contributed by atoms with Crippen molar-refractivity contribution in [3.63, 3.8) is 0 Å². The van der Waals surface area contributed by atoms with Crippen LogP contribution in [0, 0.1) is 0 Å². The van der Waals surface area contributed by atoms with Gasteiger partial charge in [-0.15, -0.1) is 0 Å². The quantitative estimate of drug-likeness (QED) is 0.350. The van der Waals surface area contributed by atoms with Crippen molar-refractivity contribution in [3.8, 4) is 11.5 Å². The maximum atomic E-state index is 9.17. The molecule has 0 aliphatic rings. The van der Waals surface area contributed by atoms with Crippen molar-refractivity contribution in [2.75, 3.05) is 19.7 Å². The minimum absolute atomic E-state index is 0.317. The Bertz CT molecular complexity index is 723. The van der Waals surface area contributed by atoms with Crippen molar-refractivity contribution in [2.45, 2.75) is 26.1 Å². The molecule has 1 atom stereocenters. The Labute approximate surface area is 169 Å². The minimum atomic E-state index is -1.82. The molecule has 8 nitrogen and oxygen atoms in total. The van der Waals surface area contributed by atoms with Crippen LogP contribution in [-0.4, -0.2) is 53.1 Å². The zero-order valence-electron chi connectivity index (χ0n) is 16.3. The van der Waals surface area contributed by atoms with Crippen molar-refractivity contribution >= 4 is 11.9 Å². The number of aliphatic hydroxyl groups excluding tert-OH is 1. The molecule has 158 valence electrons. The monoisotopic (exact) mass is 405 g/mol. The van der Waals surface area contributed by atoms with Crippen molar-refractivity contribution in [1.29, 1.82) is 0 Å². The van der Waals surface area contributed by atoms with Gasteiger partial charge in [0.05, 0.1) is 12.7 Å². The SMILES string of the molecule is CC(O)CNCCCOc1ccccc1OCc1ccccc1.O=C(O)C(=O)O. The third kappa shape index (κ3) is 11.4. The van der Waals surface area contributed by atoms with E-state index in [4.69, 9.17) is 34.4 Å². The van der Waals surface area contributed by atoms with Crippen LogP contribution in [-0.2, 0) is 16.2 Å². The topological polar surface area (TPSA) is 125 Å². The number of nitrogens with one attached hydrogen (secondary N) is 1. The number of ether oxygens (including phenoxy) is 2. The van der Waals surface area contributed by atoms with E-state index in [1.807, 2.05) is 54.6 Å². The second-order valence-electron chi connectivity index (χ2n) is 6.09. The third-order valence-corrected chi connectivity index (χ3v) is 3.46. The summed E-state index contributed by atoms with van der Waals surface area (Å²) in [7, 11) is 0. The molecule has 0 heterocycles. The Kier molecular flexibility index (Phi) is 11.5. The van der Waals surface area contributed by atoms with Crippen molar-refractivity contribution in [2.24, 2.45) is 0 Å². The van der Waals surface area contributed by atoms with Crippen LogP contribution in [0.1, 0.15) is 18.9 Å². The van der Waals surface area contributed by atoms with Gasteiger partial charge in [0.1, 0.15) is 6.61 Å². The highest BCUT2D eigenvalue weighted by atomic mass is 16.5. The average molecular weight is 405 g/mol. The fraction of sp³-hybridized carbons (Fsp3) is 0.333. The Morgan fingerprint density at radius 2 is 1.48 bits per heavy atom. The first-order chi connectivity index (χ1) is 13.9. The van der Waals surface area contributed by atoms with E-state index in [0.717, 1.165) is 30.0 Å². The molecule has 1 unspecified atom stereocenters. The smallest absolute Gasteiger partial charge is 0.414 e. The van der Waals surface area contributed by atoms with Crippen LogP contribution >= 0.6 is 0 Å². The van der Waals surface area contributed by atoms with Crippen LogP contribution in [0.3, 0.4) is 0 Å². The summed E-state index contributed by atoms with van der Waals surface area (Å²) in [5, 5.41) is 27.1. The number of carbonyl (C=O) groups is 2. The molecule has 8 heteroatoms. The summed E-state index contributed by atoms with van der Waals surface area (Å²) in [4.78, 5) is 18.2. The van der Waals surface area contributed by atoms with Gasteiger partial charge in [-0.05, 0) is 37.6 Å². The Morgan fingerprint density at radius 3 is 2.03 bits per heavy atom. The van der Waals surface area contributed by atoms with Gasteiger partial charge in [0.2, 0.25) is 0 Å². The van der Waals surface area contributed by atoms with Gasteiger partial charge in [-0.25, -0.2) is 9.59 Å². The summed E-state index contributed by atoms with van der Waals surface area (Å²) in [6.45, 7) is 4.33. The zero-order valence-corrected chi connectivity index (χ0v) is 16.3. The molecule has 0 aliphatic heterocycles. The largest absolute Gasteiger partial charge is 0.490 e. The summed E-state index contributed by atoms with van der Waals surface area (Å²) >= 11 is 0. The summed E-state index contributed by atoms with van der Waals surface area (Å²) in [5.74, 6) is -2.13. The second-order valence-corrected chi connectivity index (χ2v) is 6.09. The highest BCUT2D eigenvalue weighted by Gasteiger charge is 2.05. The molecule has 4 N–H and O–H groups in total. The van der Waals surface area contributed by atoms with Crippen LogP contribution in [0.2, 0.25) is 0 Å². The van der Waals surface area contributed by atoms with Crippen molar-refractivity contribution in [3.05, 3.63) is 60.2 Å². The van der Waals surface area contributed by atoms with Gasteiger partial charge in [-0.2, -0.15) is 0 Å². The van der Waals surface area contributed by atoms with E-state index in [9.17, 15) is 0 Å². The number of carboxylic acids is 2. The lowest BCUT2D eigenvalue weighted by Gasteiger charge is -2.13. The number of hydrogen-bond acceptors (Lipinski definition) is 6. The van der Waals surface area contributed by atoms with E-state index in [0.29, 0.717) is 19.8 Å². The van der Waals surface area contributed by atoms with Crippen LogP contribution in [0.15, 0.2) is 54.6 Å². The standard InChI is InChI=1S/C19H25NO3.C2H2O4/c1-16(21)14-20-12-7-13-22-18-10-5-6-11-19(18)23-15-17-8-3-2-4-9-17;3-1(4)2(5)6/h2-6,8-11,16,20-21H,7,12-15H2,1H3;(H,3,4)(H,5,6). The maximum Gasteiger partial charge on any atom is 0.414 e. The number of hydrogen-bond donors (Lipinski definition) is 4. The molecule has 0 radical (unpaired) electrons. The molecule has 2 rings (SSSR count). The molecule has 2 aromatic rings. The first-order valence-electron chi connectivity index (χ1n) is 9.13. The second kappa shape index (κ2) is 14.0. The first kappa shape index (κ1) is 23.9. The van der Waals surface area contributed by atoms with E-state index >= 15 is 0 Å². The molecule has 0 saturated carbocycles. The molecular formula is C21H27NO7. The predicted molar refractivity (Wildman–Crippen MR) is 107 cm³/mol. The lowest BCUT2D eigenvalue weighted by atomic mass is 10.2. The normalized spacial score (nSPS) is 11.0. The van der Waals surface area contributed by atoms with Gasteiger partial charge in [0, 0.05) is 6.54 Å². The third-order valence-electron chi connectivity index (χ3n) is 3.46. The van der Waals surface area contributed by atoms with Gasteiger partial charge in [-0.1, -0.05) is 42.5 Å². The molecule has 0 fully saturated rings. The molecule has 0 spiro atoms. The van der Waals surface area contributed by atoms with Crippen LogP contribution in [0.4, 0.5) is 0 Å². The van der Waals surface area contributed by atoms with E-state index in [2.05, 4.69) is 5.32 Å². The van der Waals surface area contributed by atoms with Crippen molar-refractivity contribution in [1.82, 2.24) is 5.32 Å². The molecule has 2 aromatic carbocycles. The van der Waals surface area contributed by atoms with Crippen LogP contribution in [0.5, 0.6) is 11.5 Å². The minimum Gasteiger partial charge on any atom is -0.490 e. The Balaban J connectivity index is 0.000000612. The van der Waals surface area contributed by atoms with E-state index < -0.39 is 11.9 Å². The van der Waals surface area contributed by atoms with E-state index in [1.54, 1.807) is 6.92 Å². The molecule has 0 aromatic heterocycles. The summed E-state index contributed by atoms with van der Waals surface area (Å²) in [6, 6.07) is 17.8. The van der Waals surface area contributed by atoms with Crippen molar-refractivity contribution < 1.29 is 34.4 Å². The number of para-hydroxylation sites is 2. The first-order valence-corrected chi connectivity index (χ1v) is 9.13. The molecule has 0 bridgehead atoms. The number of aliphatic carboxylic acids is 2. The summed E-state index contributed by atoms with van der Waals surface area (Å²) < 4.78 is 11.7. The molecular weight excluding hydrogens is 378 g/mol. The van der Waals surface area contributed by atoms with Gasteiger partial charge >= 0.3 is 11.9 Å². The number of benzene rings is 2. The van der Waals surface area contributed by atoms with E-state index in [1.165, 1.54) is 0 Å². The van der Waals surface area contributed by atoms with Gasteiger partial charge in [0.15, 0.2) is 11.5 Å². The summed E-state index contributed by atoms with van der Waals surface area (Å²) in [5.41, 5.74) is 1.13. The highest BCUT2D eigenvalue weighted by molar-refractivity contribution is 6.27. The van der Waals surface area contributed by atoms with E-state index in [-0.39, 0.29) is 6.10 Å². The Morgan fingerprint density at radius 1 is 0.931 bits per heavy atom. The fourth-order valence-electron chi connectivity index (χ4n) is 2.11. The number of carboxylic acid groups (broad SMARTS) is 2. The lowest BCUT2D eigenvalue weighted by Crippen LogP contribution is -2.26. The highest BCUT2D eigenvalue weighted by Crippen LogP contribution is 2.27. The number of aliphatic hydroxyl groups is 1.